The molecule has 0 saturated carbocycles. The Morgan fingerprint density at radius 2 is 2.04 bits per heavy atom. The van der Waals surface area contributed by atoms with Crippen LogP contribution in [0.3, 0.4) is 0 Å². The Morgan fingerprint density at radius 3 is 2.67 bits per heavy atom. The van der Waals surface area contributed by atoms with Gasteiger partial charge in [0.1, 0.15) is 23.7 Å². The molecule has 1 saturated heterocycles. The monoisotopic (exact) mass is 339 g/mol. The van der Waals surface area contributed by atoms with Gasteiger partial charge in [-0.05, 0) is 38.5 Å². The van der Waals surface area contributed by atoms with Crippen molar-refractivity contribution in [2.24, 2.45) is 0 Å². The normalized spacial score (nSPS) is 21.6. The number of carbonyl (C=O) groups is 3. The summed E-state index contributed by atoms with van der Waals surface area (Å²) in [6.45, 7) is 4.46. The summed E-state index contributed by atoms with van der Waals surface area (Å²) in [6.07, 6.45) is 0.693. The number of rotatable bonds is 5. The van der Waals surface area contributed by atoms with Crippen LogP contribution >= 0.6 is 0 Å². The molecule has 1 heterocycles. The smallest absolute Gasteiger partial charge is 0.325 e. The van der Waals surface area contributed by atoms with Gasteiger partial charge in [0.2, 0.25) is 5.91 Å². The zero-order valence-corrected chi connectivity index (χ0v) is 13.7. The molecule has 1 fully saturated rings. The van der Waals surface area contributed by atoms with Crippen LogP contribution in [0, 0.1) is 11.6 Å². The van der Waals surface area contributed by atoms with Gasteiger partial charge in [-0.1, -0.05) is 6.92 Å². The molecular weight excluding hydrogens is 320 g/mol. The van der Waals surface area contributed by atoms with E-state index in [1.165, 1.54) is 6.92 Å². The molecule has 0 radical (unpaired) electrons. The number of urea groups is 1. The quantitative estimate of drug-likeness (QED) is 0.801. The summed E-state index contributed by atoms with van der Waals surface area (Å²) in [6, 6.07) is 1.72. The van der Waals surface area contributed by atoms with E-state index in [0.29, 0.717) is 11.3 Å². The first kappa shape index (κ1) is 17.8. The highest BCUT2D eigenvalue weighted by Crippen LogP contribution is 2.31. The number of carbonyl (C=O) groups excluding carboxylic acids is 3. The Hall–Kier alpha value is -2.51. The van der Waals surface area contributed by atoms with Crippen LogP contribution in [-0.2, 0) is 15.1 Å². The van der Waals surface area contributed by atoms with Gasteiger partial charge in [0.25, 0.3) is 5.91 Å². The Balaban J connectivity index is 2.24. The number of imide groups is 1. The average Bonchev–Trinajstić information content (AvgIpc) is 2.73. The van der Waals surface area contributed by atoms with Gasteiger partial charge < -0.3 is 10.6 Å². The zero-order valence-electron chi connectivity index (χ0n) is 13.7. The van der Waals surface area contributed by atoms with Gasteiger partial charge in [-0.15, -0.1) is 0 Å². The van der Waals surface area contributed by atoms with Crippen molar-refractivity contribution >= 4 is 17.8 Å². The number of benzene rings is 1. The van der Waals surface area contributed by atoms with Crippen molar-refractivity contribution in [1.29, 1.82) is 0 Å². The number of hydrogen-bond acceptors (Lipinski definition) is 3. The fraction of sp³-hybridized carbons (Fsp3) is 0.438. The third kappa shape index (κ3) is 3.22. The number of hydrogen-bond donors (Lipinski definition) is 2. The van der Waals surface area contributed by atoms with Crippen molar-refractivity contribution < 1.29 is 23.2 Å². The Labute approximate surface area is 138 Å². The minimum atomic E-state index is -1.76. The summed E-state index contributed by atoms with van der Waals surface area (Å²) in [5.74, 6) is -2.87. The molecule has 4 amide bonds. The molecule has 8 heteroatoms. The lowest BCUT2D eigenvalue weighted by Crippen LogP contribution is -2.45. The third-order valence-corrected chi connectivity index (χ3v) is 4.06. The van der Waals surface area contributed by atoms with Gasteiger partial charge in [-0.25, -0.2) is 13.6 Å². The van der Waals surface area contributed by atoms with Crippen LogP contribution in [0.4, 0.5) is 13.6 Å². The zero-order chi connectivity index (χ0) is 18.1. The molecule has 2 rings (SSSR count). The highest BCUT2D eigenvalue weighted by molar-refractivity contribution is 6.09. The van der Waals surface area contributed by atoms with E-state index in [0.717, 1.165) is 18.2 Å². The molecule has 2 N–H and O–H groups in total. The fourth-order valence-corrected chi connectivity index (χ4v) is 2.47. The third-order valence-electron chi connectivity index (χ3n) is 4.06. The SMILES string of the molecule is CC[C@@H](C)NC(=O)CN1C(=O)N[C@](C)(c2cc(F)ccc2F)C1=O. The molecule has 1 aromatic carbocycles. The predicted molar refractivity (Wildman–Crippen MR) is 81.9 cm³/mol. The maximum atomic E-state index is 14.0. The lowest BCUT2D eigenvalue weighted by atomic mass is 9.91. The van der Waals surface area contributed by atoms with Crippen molar-refractivity contribution in [2.45, 2.75) is 38.8 Å². The van der Waals surface area contributed by atoms with Crippen LogP contribution in [0.15, 0.2) is 18.2 Å². The molecule has 0 aliphatic carbocycles. The molecule has 130 valence electrons. The first-order valence-corrected chi connectivity index (χ1v) is 7.58. The van der Waals surface area contributed by atoms with Crippen LogP contribution in [0.1, 0.15) is 32.8 Å². The number of nitrogens with one attached hydrogen (secondary N) is 2. The second-order valence-corrected chi connectivity index (χ2v) is 5.95. The number of amides is 4. The minimum absolute atomic E-state index is 0.106. The molecule has 0 unspecified atom stereocenters. The van der Waals surface area contributed by atoms with Crippen molar-refractivity contribution in [2.75, 3.05) is 6.54 Å². The average molecular weight is 339 g/mol. The van der Waals surface area contributed by atoms with Crippen molar-refractivity contribution in [1.82, 2.24) is 15.5 Å². The molecule has 1 aliphatic heterocycles. The molecule has 1 aliphatic rings. The first-order valence-electron chi connectivity index (χ1n) is 7.58. The Bertz CT molecular complexity index is 695. The summed E-state index contributed by atoms with van der Waals surface area (Å²) < 4.78 is 27.4. The molecule has 0 bridgehead atoms. The summed E-state index contributed by atoms with van der Waals surface area (Å²) >= 11 is 0. The van der Waals surface area contributed by atoms with Gasteiger partial charge in [0.05, 0.1) is 0 Å². The van der Waals surface area contributed by atoms with Crippen LogP contribution in [0.2, 0.25) is 0 Å². The van der Waals surface area contributed by atoms with Gasteiger partial charge in [0, 0.05) is 11.6 Å². The van der Waals surface area contributed by atoms with E-state index >= 15 is 0 Å². The van der Waals surface area contributed by atoms with Gasteiger partial charge >= 0.3 is 6.03 Å². The molecular formula is C16H19F2N3O3. The number of halogens is 2. The van der Waals surface area contributed by atoms with Gasteiger partial charge in [0.15, 0.2) is 0 Å². The lowest BCUT2D eigenvalue weighted by molar-refractivity contribution is -0.135. The highest BCUT2D eigenvalue weighted by Gasteiger charge is 2.50. The van der Waals surface area contributed by atoms with Crippen molar-refractivity contribution in [3.05, 3.63) is 35.4 Å². The minimum Gasteiger partial charge on any atom is -0.352 e. The van der Waals surface area contributed by atoms with E-state index in [-0.39, 0.29) is 11.6 Å². The molecule has 1 aromatic rings. The lowest BCUT2D eigenvalue weighted by Gasteiger charge is -2.23. The van der Waals surface area contributed by atoms with Crippen molar-refractivity contribution in [3.8, 4) is 0 Å². The van der Waals surface area contributed by atoms with Gasteiger partial charge in [-0.2, -0.15) is 0 Å². The highest BCUT2D eigenvalue weighted by atomic mass is 19.1. The molecule has 6 nitrogen and oxygen atoms in total. The second-order valence-electron chi connectivity index (χ2n) is 5.95. The summed E-state index contributed by atoms with van der Waals surface area (Å²) in [4.78, 5) is 37.2. The van der Waals surface area contributed by atoms with E-state index in [1.54, 1.807) is 6.92 Å². The van der Waals surface area contributed by atoms with Crippen LogP contribution in [0.5, 0.6) is 0 Å². The van der Waals surface area contributed by atoms with E-state index < -0.39 is 41.6 Å². The molecule has 24 heavy (non-hydrogen) atoms. The number of nitrogens with zero attached hydrogens (tertiary/aromatic N) is 1. The second kappa shape index (κ2) is 6.54. The molecule has 2 atom stereocenters. The summed E-state index contributed by atoms with van der Waals surface area (Å²) in [7, 11) is 0. The molecule has 0 aromatic heterocycles. The van der Waals surface area contributed by atoms with Crippen molar-refractivity contribution in [3.63, 3.8) is 0 Å². The molecule has 0 spiro atoms. The topological polar surface area (TPSA) is 78.5 Å². The van der Waals surface area contributed by atoms with Crippen LogP contribution in [-0.4, -0.2) is 35.3 Å². The Kier molecular flexibility index (Phi) is 4.86. The predicted octanol–water partition coefficient (Wildman–Crippen LogP) is 1.65. The Morgan fingerprint density at radius 1 is 1.38 bits per heavy atom. The standard InChI is InChI=1S/C16H19F2N3O3/c1-4-9(2)19-13(22)8-21-14(23)16(3,20-15(21)24)11-7-10(17)5-6-12(11)18/h5-7,9H,4,8H2,1-3H3,(H,19,22)(H,20,24)/t9-,16-/m1/s1. The van der Waals surface area contributed by atoms with E-state index in [1.807, 2.05) is 6.92 Å². The van der Waals surface area contributed by atoms with Crippen LogP contribution < -0.4 is 10.6 Å². The first-order chi connectivity index (χ1) is 11.2. The van der Waals surface area contributed by atoms with E-state index in [2.05, 4.69) is 10.6 Å². The van der Waals surface area contributed by atoms with Crippen LogP contribution in [0.25, 0.3) is 0 Å². The maximum Gasteiger partial charge on any atom is 0.325 e. The van der Waals surface area contributed by atoms with Gasteiger partial charge in [-0.3, -0.25) is 14.5 Å². The summed E-state index contributed by atoms with van der Waals surface area (Å²) in [5.41, 5.74) is -2.05. The fourth-order valence-electron chi connectivity index (χ4n) is 2.47. The maximum absolute atomic E-state index is 14.0. The van der Waals surface area contributed by atoms with E-state index in [4.69, 9.17) is 0 Å². The largest absolute Gasteiger partial charge is 0.352 e. The van der Waals surface area contributed by atoms with E-state index in [9.17, 15) is 23.2 Å². The summed E-state index contributed by atoms with van der Waals surface area (Å²) in [5, 5.41) is 4.98.